The van der Waals surface area contributed by atoms with E-state index in [-0.39, 0.29) is 51.0 Å². The van der Waals surface area contributed by atoms with Crippen molar-refractivity contribution in [1.29, 1.82) is 0 Å². The SMILES string of the molecule is CC(C)(C)OC(=O)Nc1nc2c(-c3ncc4c(N5C6CCC5CN(C(=O)OC(C)(C)C)C6)nc(OC[C@@]56CCCN5C[C@H](F)C6)nc4c3F)c(F)cc(F)c2s1. The molecule has 300 valence electrons. The molecule has 13 nitrogen and oxygen atoms in total. The first-order valence-corrected chi connectivity index (χ1v) is 19.6. The molecular weight excluding hydrogens is 757 g/mol. The molecule has 3 aromatic heterocycles. The van der Waals surface area contributed by atoms with Crippen LogP contribution in [-0.2, 0) is 9.47 Å². The van der Waals surface area contributed by atoms with Gasteiger partial charge in [0.1, 0.15) is 52.6 Å². The Bertz CT molecular complexity index is 2220. The fourth-order valence-corrected chi connectivity index (χ4v) is 9.38. The van der Waals surface area contributed by atoms with Crippen LogP contribution in [0.5, 0.6) is 6.01 Å². The Morgan fingerprint density at radius 3 is 2.38 bits per heavy atom. The average molecular weight is 801 g/mol. The molecule has 1 N–H and O–H groups in total. The van der Waals surface area contributed by atoms with Crippen LogP contribution in [0.1, 0.15) is 73.6 Å². The van der Waals surface area contributed by atoms with Crippen LogP contribution in [-0.4, -0.2) is 110 Å². The topological polar surface area (TPSA) is 135 Å². The molecule has 0 spiro atoms. The van der Waals surface area contributed by atoms with E-state index in [4.69, 9.17) is 19.2 Å². The minimum Gasteiger partial charge on any atom is -0.461 e. The van der Waals surface area contributed by atoms with Gasteiger partial charge in [-0.1, -0.05) is 11.3 Å². The van der Waals surface area contributed by atoms with Crippen LogP contribution in [0.25, 0.3) is 32.4 Å². The molecule has 8 rings (SSSR count). The number of hydrogen-bond donors (Lipinski definition) is 1. The molecule has 2 unspecified atom stereocenters. The lowest BCUT2D eigenvalue weighted by molar-refractivity contribution is 0.0209. The van der Waals surface area contributed by atoms with Crippen molar-refractivity contribution in [2.24, 2.45) is 0 Å². The second-order valence-electron chi connectivity index (χ2n) is 17.1. The van der Waals surface area contributed by atoms with Crippen molar-refractivity contribution >= 4 is 55.6 Å². The number of ether oxygens (including phenoxy) is 3. The average Bonchev–Trinajstić information content (AvgIpc) is 3.82. The molecule has 2 bridgehead atoms. The fraction of sp³-hybridized carbons (Fsp3) is 0.579. The van der Waals surface area contributed by atoms with Crippen molar-refractivity contribution < 1.29 is 41.4 Å². The number of fused-ring (bicyclic) bond motifs is 5. The van der Waals surface area contributed by atoms with Gasteiger partial charge >= 0.3 is 18.2 Å². The minimum absolute atomic E-state index is 0.0800. The van der Waals surface area contributed by atoms with E-state index in [0.717, 1.165) is 43.6 Å². The highest BCUT2D eigenvalue weighted by molar-refractivity contribution is 7.22. The molecule has 0 aliphatic carbocycles. The third-order valence-corrected chi connectivity index (χ3v) is 11.6. The summed E-state index contributed by atoms with van der Waals surface area (Å²) < 4.78 is 79.8. The number of likely N-dealkylation sites (tertiary alicyclic amines) is 1. The largest absolute Gasteiger partial charge is 0.461 e. The molecule has 4 saturated heterocycles. The number of thiazole rings is 1. The number of carbonyl (C=O) groups excluding carboxylic acids is 2. The maximum absolute atomic E-state index is 17.1. The zero-order chi connectivity index (χ0) is 39.9. The third kappa shape index (κ3) is 7.14. The van der Waals surface area contributed by atoms with E-state index in [2.05, 4.69) is 25.2 Å². The molecule has 4 aliphatic rings. The van der Waals surface area contributed by atoms with Crippen LogP contribution in [0.2, 0.25) is 0 Å². The van der Waals surface area contributed by atoms with Gasteiger partial charge in [0.05, 0.1) is 26.7 Å². The van der Waals surface area contributed by atoms with Crippen LogP contribution in [0.4, 0.5) is 38.1 Å². The number of nitrogens with zero attached hydrogens (tertiary/aromatic N) is 7. The predicted octanol–water partition coefficient (Wildman–Crippen LogP) is 7.61. The maximum Gasteiger partial charge on any atom is 0.413 e. The molecule has 56 heavy (non-hydrogen) atoms. The van der Waals surface area contributed by atoms with Crippen LogP contribution >= 0.6 is 11.3 Å². The number of hydrogen-bond acceptors (Lipinski definition) is 12. The first kappa shape index (κ1) is 38.3. The molecule has 4 fully saturated rings. The highest BCUT2D eigenvalue weighted by atomic mass is 32.1. The van der Waals surface area contributed by atoms with E-state index >= 15 is 13.2 Å². The number of pyridine rings is 1. The molecule has 4 aliphatic heterocycles. The number of halogens is 4. The summed E-state index contributed by atoms with van der Waals surface area (Å²) in [5, 5.41) is 2.57. The smallest absolute Gasteiger partial charge is 0.413 e. The Kier molecular flexibility index (Phi) is 9.45. The van der Waals surface area contributed by atoms with Gasteiger partial charge in [0.25, 0.3) is 0 Å². The van der Waals surface area contributed by atoms with E-state index in [9.17, 15) is 14.0 Å². The number of aromatic nitrogens is 4. The Hall–Kier alpha value is -4.58. The van der Waals surface area contributed by atoms with Crippen molar-refractivity contribution in [1.82, 2.24) is 29.7 Å². The van der Waals surface area contributed by atoms with Crippen LogP contribution < -0.4 is 15.0 Å². The quantitative estimate of drug-likeness (QED) is 0.193. The Balaban J connectivity index is 1.20. The van der Waals surface area contributed by atoms with Gasteiger partial charge in [0.15, 0.2) is 10.9 Å². The number of piperazine rings is 1. The first-order chi connectivity index (χ1) is 26.4. The van der Waals surface area contributed by atoms with Gasteiger partial charge < -0.3 is 24.0 Å². The molecule has 0 saturated carbocycles. The van der Waals surface area contributed by atoms with Crippen molar-refractivity contribution in [3.8, 4) is 17.3 Å². The van der Waals surface area contributed by atoms with Gasteiger partial charge in [-0.15, -0.1) is 0 Å². The van der Waals surface area contributed by atoms with Crippen LogP contribution in [0, 0.1) is 17.5 Å². The lowest BCUT2D eigenvalue weighted by Gasteiger charge is -2.42. The van der Waals surface area contributed by atoms with Gasteiger partial charge in [-0.3, -0.25) is 15.2 Å². The number of nitrogens with one attached hydrogen (secondary N) is 1. The van der Waals surface area contributed by atoms with Crippen LogP contribution in [0.15, 0.2) is 12.3 Å². The summed E-state index contributed by atoms with van der Waals surface area (Å²) in [6.45, 7) is 12.2. The summed E-state index contributed by atoms with van der Waals surface area (Å²) in [7, 11) is 0. The molecule has 18 heteroatoms. The maximum atomic E-state index is 17.1. The predicted molar refractivity (Wildman–Crippen MR) is 201 cm³/mol. The zero-order valence-corrected chi connectivity index (χ0v) is 32.9. The minimum atomic E-state index is -1.13. The molecule has 4 aromatic rings. The Morgan fingerprint density at radius 1 is 0.964 bits per heavy atom. The van der Waals surface area contributed by atoms with Gasteiger partial charge in [-0.25, -0.2) is 32.1 Å². The van der Waals surface area contributed by atoms with Gasteiger partial charge in [-0.05, 0) is 73.8 Å². The normalized spacial score (nSPS) is 23.9. The van der Waals surface area contributed by atoms with E-state index < -0.39 is 63.8 Å². The van der Waals surface area contributed by atoms with Crippen molar-refractivity contribution in [2.75, 3.05) is 43.0 Å². The molecule has 0 radical (unpaired) electrons. The molecule has 1 aromatic carbocycles. The fourth-order valence-electron chi connectivity index (χ4n) is 8.51. The number of carbonyl (C=O) groups is 2. The molecule has 7 heterocycles. The summed E-state index contributed by atoms with van der Waals surface area (Å²) in [5.74, 6) is -2.78. The monoisotopic (exact) mass is 800 g/mol. The van der Waals surface area contributed by atoms with Gasteiger partial charge in [-0.2, -0.15) is 9.97 Å². The Labute approximate surface area is 324 Å². The summed E-state index contributed by atoms with van der Waals surface area (Å²) in [6.07, 6.45) is 2.42. The van der Waals surface area contributed by atoms with E-state index in [1.807, 2.05) is 4.90 Å². The number of alkyl halides is 1. The number of amides is 2. The second kappa shape index (κ2) is 13.8. The summed E-state index contributed by atoms with van der Waals surface area (Å²) >= 11 is 0.732. The Morgan fingerprint density at radius 2 is 1.68 bits per heavy atom. The molecule has 2 amide bonds. The highest BCUT2D eigenvalue weighted by Crippen LogP contribution is 2.44. The van der Waals surface area contributed by atoms with E-state index in [1.54, 1.807) is 46.4 Å². The number of benzene rings is 1. The summed E-state index contributed by atoms with van der Waals surface area (Å²) in [6, 6.07) is 0.0532. The van der Waals surface area contributed by atoms with Crippen molar-refractivity contribution in [2.45, 2.75) is 109 Å². The van der Waals surface area contributed by atoms with Gasteiger partial charge in [0, 0.05) is 50.4 Å². The summed E-state index contributed by atoms with van der Waals surface area (Å²) in [5.41, 5.74) is -3.45. The highest BCUT2D eigenvalue weighted by Gasteiger charge is 2.50. The van der Waals surface area contributed by atoms with Crippen LogP contribution in [0.3, 0.4) is 0 Å². The zero-order valence-electron chi connectivity index (χ0n) is 32.0. The third-order valence-electron chi connectivity index (χ3n) is 10.7. The molecule has 4 atom stereocenters. The standard InChI is InChI=1S/C38H44F4N8O5S/c1-36(2,3)54-34(51)47-33-45-29-25(23(40)12-24(41)30(29)56-33)28-26(42)27-22(14-43-28)31(46-32(44-27)53-18-38-10-7-11-49(38)15-19(39)13-38)50-20-8-9-21(50)17-48(16-20)35(52)55-37(4,5)6/h12,14,19-21H,7-11,13,15-18H2,1-6H3,(H,45,47,51)/t19-,20?,21?,38+/m1/s1. The lowest BCUT2D eigenvalue weighted by Crippen LogP contribution is -2.56. The number of anilines is 2. The lowest BCUT2D eigenvalue weighted by atomic mass is 9.95. The molecular formula is C38H44F4N8O5S. The van der Waals surface area contributed by atoms with Gasteiger partial charge in [0.2, 0.25) is 0 Å². The summed E-state index contributed by atoms with van der Waals surface area (Å²) in [4.78, 5) is 49.3. The van der Waals surface area contributed by atoms with Crippen molar-refractivity contribution in [3.05, 3.63) is 29.7 Å². The number of rotatable bonds is 6. The van der Waals surface area contributed by atoms with Crippen molar-refractivity contribution in [3.63, 3.8) is 0 Å². The van der Waals surface area contributed by atoms with E-state index in [1.165, 1.54) is 6.20 Å². The second-order valence-corrected chi connectivity index (χ2v) is 18.1. The van der Waals surface area contributed by atoms with E-state index in [0.29, 0.717) is 37.9 Å². The first-order valence-electron chi connectivity index (χ1n) is 18.8.